The van der Waals surface area contributed by atoms with E-state index >= 15 is 0 Å². The Morgan fingerprint density at radius 3 is 2.87 bits per heavy atom. The number of nitrogens with zero attached hydrogens (tertiary/aromatic N) is 1. The minimum absolute atomic E-state index is 0.0258. The molecule has 0 atom stereocenters. The van der Waals surface area contributed by atoms with Crippen LogP contribution in [-0.2, 0) is 11.2 Å². The van der Waals surface area contributed by atoms with Gasteiger partial charge in [-0.3, -0.25) is 9.59 Å². The first kappa shape index (κ1) is 10.4. The van der Waals surface area contributed by atoms with Crippen molar-refractivity contribution >= 4 is 16.8 Å². The predicted octanol–water partition coefficient (Wildman–Crippen LogP) is 1.88. The van der Waals surface area contributed by atoms with E-state index in [-0.39, 0.29) is 12.0 Å². The number of pyridine rings is 1. The van der Waals surface area contributed by atoms with Gasteiger partial charge in [0, 0.05) is 24.2 Å². The van der Waals surface area contributed by atoms with Crippen molar-refractivity contribution in [1.29, 1.82) is 0 Å². The molecule has 0 unspecified atom stereocenters. The summed E-state index contributed by atoms with van der Waals surface area (Å²) in [7, 11) is 0. The first-order valence-corrected chi connectivity index (χ1v) is 5.44. The summed E-state index contributed by atoms with van der Waals surface area (Å²) in [4.78, 5) is 22.5. The minimum atomic E-state index is -0.392. The molecule has 0 aliphatic heterocycles. The minimum Gasteiger partial charge on any atom is -0.312 e. The molecule has 0 bridgehead atoms. The summed E-state index contributed by atoms with van der Waals surface area (Å²) >= 11 is 5.25. The fourth-order valence-electron chi connectivity index (χ4n) is 1.62. The molecular formula is C11H12ClNO2. The van der Waals surface area contributed by atoms with Crippen molar-refractivity contribution in [3.63, 3.8) is 0 Å². The standard InChI is InChI=1S/C11H12ClNO2/c12-10(14)6-3-8-2-1-7-13(11(8)15)9-4-5-9/h1-2,7,9H,3-6H2. The zero-order valence-corrected chi connectivity index (χ0v) is 9.04. The molecule has 1 heterocycles. The van der Waals surface area contributed by atoms with Gasteiger partial charge in [0.05, 0.1) is 0 Å². The Morgan fingerprint density at radius 2 is 2.27 bits per heavy atom. The first-order valence-electron chi connectivity index (χ1n) is 5.07. The van der Waals surface area contributed by atoms with E-state index in [9.17, 15) is 9.59 Å². The van der Waals surface area contributed by atoms with Gasteiger partial charge in [-0.15, -0.1) is 0 Å². The van der Waals surface area contributed by atoms with Crippen LogP contribution in [0.3, 0.4) is 0 Å². The molecule has 2 rings (SSSR count). The molecule has 3 nitrogen and oxygen atoms in total. The molecule has 0 amide bonds. The molecule has 15 heavy (non-hydrogen) atoms. The Balaban J connectivity index is 2.20. The van der Waals surface area contributed by atoms with E-state index in [1.807, 2.05) is 12.3 Å². The Labute approximate surface area is 92.7 Å². The number of carbonyl (C=O) groups excluding carboxylic acids is 1. The molecule has 1 aromatic rings. The Bertz CT molecular complexity index is 434. The third-order valence-corrected chi connectivity index (χ3v) is 2.77. The Hall–Kier alpha value is -1.09. The molecule has 80 valence electrons. The van der Waals surface area contributed by atoms with Crippen LogP contribution in [-0.4, -0.2) is 9.81 Å². The van der Waals surface area contributed by atoms with Crippen LogP contribution in [0.2, 0.25) is 0 Å². The average molecular weight is 226 g/mol. The molecule has 1 aromatic heterocycles. The van der Waals surface area contributed by atoms with Gasteiger partial charge < -0.3 is 4.57 Å². The summed E-state index contributed by atoms with van der Waals surface area (Å²) < 4.78 is 1.76. The summed E-state index contributed by atoms with van der Waals surface area (Å²) in [6.07, 6.45) is 4.64. The number of aryl methyl sites for hydroxylation is 1. The quantitative estimate of drug-likeness (QED) is 0.734. The van der Waals surface area contributed by atoms with Crippen molar-refractivity contribution in [2.24, 2.45) is 0 Å². The maximum atomic E-state index is 11.9. The highest BCUT2D eigenvalue weighted by atomic mass is 35.5. The SMILES string of the molecule is O=C(Cl)CCc1cccn(C2CC2)c1=O. The highest BCUT2D eigenvalue weighted by Crippen LogP contribution is 2.33. The predicted molar refractivity (Wildman–Crippen MR) is 58.2 cm³/mol. The highest BCUT2D eigenvalue weighted by Gasteiger charge is 2.24. The molecule has 1 aliphatic carbocycles. The monoisotopic (exact) mass is 225 g/mol. The summed E-state index contributed by atoms with van der Waals surface area (Å²) in [5.41, 5.74) is 0.705. The van der Waals surface area contributed by atoms with E-state index in [1.54, 1.807) is 10.6 Å². The van der Waals surface area contributed by atoms with Crippen molar-refractivity contribution in [3.8, 4) is 0 Å². The first-order chi connectivity index (χ1) is 7.18. The van der Waals surface area contributed by atoms with Gasteiger partial charge in [-0.25, -0.2) is 0 Å². The van der Waals surface area contributed by atoms with E-state index in [0.717, 1.165) is 12.8 Å². The fourth-order valence-corrected chi connectivity index (χ4v) is 1.71. The van der Waals surface area contributed by atoms with Crippen molar-refractivity contribution in [3.05, 3.63) is 34.2 Å². The van der Waals surface area contributed by atoms with E-state index in [4.69, 9.17) is 11.6 Å². The second-order valence-corrected chi connectivity index (χ2v) is 4.25. The Kier molecular flexibility index (Phi) is 2.91. The lowest BCUT2D eigenvalue weighted by Crippen LogP contribution is -2.22. The number of halogens is 1. The van der Waals surface area contributed by atoms with E-state index in [2.05, 4.69) is 0 Å². The number of hydrogen-bond acceptors (Lipinski definition) is 2. The van der Waals surface area contributed by atoms with Gasteiger partial charge in [0.1, 0.15) is 0 Å². The highest BCUT2D eigenvalue weighted by molar-refractivity contribution is 6.63. The van der Waals surface area contributed by atoms with Crippen LogP contribution in [0.15, 0.2) is 23.1 Å². The van der Waals surface area contributed by atoms with Crippen molar-refractivity contribution in [2.45, 2.75) is 31.7 Å². The third-order valence-electron chi connectivity index (χ3n) is 2.58. The van der Waals surface area contributed by atoms with Gasteiger partial charge in [-0.05, 0) is 36.9 Å². The Morgan fingerprint density at radius 1 is 1.53 bits per heavy atom. The third kappa shape index (κ3) is 2.48. The van der Waals surface area contributed by atoms with Crippen LogP contribution < -0.4 is 5.56 Å². The van der Waals surface area contributed by atoms with Gasteiger partial charge in [-0.2, -0.15) is 0 Å². The molecule has 0 aromatic carbocycles. The van der Waals surface area contributed by atoms with E-state index < -0.39 is 5.24 Å². The van der Waals surface area contributed by atoms with Gasteiger partial charge in [-0.1, -0.05) is 6.07 Å². The van der Waals surface area contributed by atoms with Gasteiger partial charge in [0.2, 0.25) is 5.24 Å². The lowest BCUT2D eigenvalue weighted by molar-refractivity contribution is -0.111. The summed E-state index contributed by atoms with van der Waals surface area (Å²) in [5, 5.41) is -0.392. The molecule has 0 N–H and O–H groups in total. The smallest absolute Gasteiger partial charge is 0.253 e. The molecule has 0 saturated heterocycles. The molecule has 1 aliphatic rings. The van der Waals surface area contributed by atoms with Gasteiger partial charge in [0.25, 0.3) is 5.56 Å². The van der Waals surface area contributed by atoms with Crippen LogP contribution in [0.1, 0.15) is 30.9 Å². The molecule has 1 saturated carbocycles. The van der Waals surface area contributed by atoms with Crippen LogP contribution in [0, 0.1) is 0 Å². The largest absolute Gasteiger partial charge is 0.312 e. The van der Waals surface area contributed by atoms with Crippen molar-refractivity contribution in [1.82, 2.24) is 4.57 Å². The zero-order valence-electron chi connectivity index (χ0n) is 8.28. The van der Waals surface area contributed by atoms with Crippen molar-refractivity contribution in [2.75, 3.05) is 0 Å². The van der Waals surface area contributed by atoms with Gasteiger partial charge >= 0.3 is 0 Å². The lowest BCUT2D eigenvalue weighted by Gasteiger charge is -2.05. The maximum Gasteiger partial charge on any atom is 0.253 e. The maximum absolute atomic E-state index is 11.9. The second-order valence-electron chi connectivity index (χ2n) is 3.83. The summed E-state index contributed by atoms with van der Waals surface area (Å²) in [5.74, 6) is 0. The number of carbonyl (C=O) groups is 1. The molecular weight excluding hydrogens is 214 g/mol. The normalized spacial score (nSPS) is 15.3. The number of hydrogen-bond donors (Lipinski definition) is 0. The van der Waals surface area contributed by atoms with Crippen LogP contribution >= 0.6 is 11.6 Å². The topological polar surface area (TPSA) is 39.1 Å². The fraction of sp³-hybridized carbons (Fsp3) is 0.455. The number of aromatic nitrogens is 1. The molecule has 0 spiro atoms. The van der Waals surface area contributed by atoms with Crippen LogP contribution in [0.5, 0.6) is 0 Å². The average Bonchev–Trinajstić information content (AvgIpc) is 2.99. The molecule has 4 heteroatoms. The summed E-state index contributed by atoms with van der Waals surface area (Å²) in [6.45, 7) is 0. The van der Waals surface area contributed by atoms with E-state index in [1.165, 1.54) is 0 Å². The zero-order chi connectivity index (χ0) is 10.8. The second kappa shape index (κ2) is 4.19. The summed E-state index contributed by atoms with van der Waals surface area (Å²) in [6, 6.07) is 4.00. The number of rotatable bonds is 4. The molecule has 0 radical (unpaired) electrons. The lowest BCUT2D eigenvalue weighted by atomic mass is 10.1. The van der Waals surface area contributed by atoms with Crippen LogP contribution in [0.4, 0.5) is 0 Å². The van der Waals surface area contributed by atoms with Crippen molar-refractivity contribution < 1.29 is 4.79 Å². The van der Waals surface area contributed by atoms with E-state index in [0.29, 0.717) is 18.0 Å². The van der Waals surface area contributed by atoms with Gasteiger partial charge in [0.15, 0.2) is 0 Å². The van der Waals surface area contributed by atoms with Crippen LogP contribution in [0.25, 0.3) is 0 Å². The molecule has 1 fully saturated rings.